The standard InChI is InChI=1S/C28H30/c1-17-10-6-7-11-20(17)23-15-25-21-12-8-9-13-26(21)28(4,5)27(25)16-24(23)22-14-18(2)19(22)3/h6-13,15-16,18-19,22H,14H2,1-5H3. The maximum atomic E-state index is 2.57. The highest BCUT2D eigenvalue weighted by Gasteiger charge is 2.40. The Bertz CT molecular complexity index is 1070. The molecule has 3 unspecified atom stereocenters. The van der Waals surface area contributed by atoms with Crippen LogP contribution >= 0.6 is 0 Å². The van der Waals surface area contributed by atoms with E-state index in [4.69, 9.17) is 0 Å². The highest BCUT2D eigenvalue weighted by molar-refractivity contribution is 5.86. The second kappa shape index (κ2) is 6.08. The van der Waals surface area contributed by atoms with E-state index in [1.807, 2.05) is 0 Å². The summed E-state index contributed by atoms with van der Waals surface area (Å²) in [5.74, 6) is 2.26. The molecule has 3 atom stereocenters. The van der Waals surface area contributed by atoms with E-state index in [0.717, 1.165) is 11.8 Å². The maximum absolute atomic E-state index is 2.57. The Hall–Kier alpha value is -2.34. The molecule has 2 aliphatic rings. The average molecular weight is 367 g/mol. The first-order valence-corrected chi connectivity index (χ1v) is 10.7. The Morgan fingerprint density at radius 2 is 1.43 bits per heavy atom. The highest BCUT2D eigenvalue weighted by atomic mass is 14.4. The van der Waals surface area contributed by atoms with Crippen LogP contribution in [-0.4, -0.2) is 0 Å². The molecule has 0 nitrogen and oxygen atoms in total. The molecule has 0 heteroatoms. The van der Waals surface area contributed by atoms with Gasteiger partial charge in [0, 0.05) is 5.41 Å². The van der Waals surface area contributed by atoms with Crippen molar-refractivity contribution < 1.29 is 0 Å². The molecule has 3 aromatic rings. The third kappa shape index (κ3) is 2.37. The molecular weight excluding hydrogens is 336 g/mol. The van der Waals surface area contributed by atoms with E-state index in [-0.39, 0.29) is 5.41 Å². The Morgan fingerprint density at radius 3 is 2.11 bits per heavy atom. The molecule has 28 heavy (non-hydrogen) atoms. The van der Waals surface area contributed by atoms with Gasteiger partial charge in [-0.05, 0) is 81.7 Å². The molecule has 3 aromatic carbocycles. The lowest BCUT2D eigenvalue weighted by molar-refractivity contribution is 0.170. The van der Waals surface area contributed by atoms with Crippen LogP contribution in [0.1, 0.15) is 62.3 Å². The molecule has 1 fully saturated rings. The van der Waals surface area contributed by atoms with Gasteiger partial charge in [-0.25, -0.2) is 0 Å². The van der Waals surface area contributed by atoms with Crippen molar-refractivity contribution in [2.24, 2.45) is 11.8 Å². The summed E-state index contributed by atoms with van der Waals surface area (Å²) >= 11 is 0. The highest BCUT2D eigenvalue weighted by Crippen LogP contribution is 2.55. The van der Waals surface area contributed by atoms with Crippen LogP contribution in [0, 0.1) is 18.8 Å². The summed E-state index contributed by atoms with van der Waals surface area (Å²) in [5.41, 5.74) is 11.7. The van der Waals surface area contributed by atoms with Crippen molar-refractivity contribution in [2.75, 3.05) is 0 Å². The third-order valence-electron chi connectivity index (χ3n) is 7.75. The lowest BCUT2D eigenvalue weighted by Crippen LogP contribution is -2.31. The SMILES string of the molecule is Cc1ccccc1-c1cc2c(cc1C1CC(C)C1C)C(C)(C)c1ccccc1-2. The molecule has 0 spiro atoms. The van der Waals surface area contributed by atoms with E-state index in [9.17, 15) is 0 Å². The largest absolute Gasteiger partial charge is 0.0622 e. The van der Waals surface area contributed by atoms with Gasteiger partial charge in [-0.2, -0.15) is 0 Å². The quantitative estimate of drug-likeness (QED) is 0.435. The van der Waals surface area contributed by atoms with Crippen LogP contribution in [-0.2, 0) is 5.41 Å². The normalized spacial score (nSPS) is 24.4. The second-order valence-electron chi connectivity index (χ2n) is 9.65. The lowest BCUT2D eigenvalue weighted by Gasteiger charge is -2.42. The van der Waals surface area contributed by atoms with Gasteiger partial charge in [0.1, 0.15) is 0 Å². The summed E-state index contributed by atoms with van der Waals surface area (Å²) in [4.78, 5) is 0. The van der Waals surface area contributed by atoms with Crippen molar-refractivity contribution in [3.63, 3.8) is 0 Å². The molecule has 0 amide bonds. The first kappa shape index (κ1) is 17.7. The first-order valence-electron chi connectivity index (χ1n) is 10.7. The number of hydrogen-bond acceptors (Lipinski definition) is 0. The molecule has 142 valence electrons. The maximum Gasteiger partial charge on any atom is 0.0158 e. The number of fused-ring (bicyclic) bond motifs is 3. The van der Waals surface area contributed by atoms with Crippen LogP contribution in [0.15, 0.2) is 60.7 Å². The zero-order valence-corrected chi connectivity index (χ0v) is 17.7. The smallest absolute Gasteiger partial charge is 0.0158 e. The summed E-state index contributed by atoms with van der Waals surface area (Å²) in [5, 5.41) is 0. The van der Waals surface area contributed by atoms with E-state index in [0.29, 0.717) is 5.92 Å². The fourth-order valence-corrected chi connectivity index (χ4v) is 5.62. The molecule has 1 saturated carbocycles. The summed E-state index contributed by atoms with van der Waals surface area (Å²) < 4.78 is 0. The van der Waals surface area contributed by atoms with Gasteiger partial charge in [-0.1, -0.05) is 82.3 Å². The molecule has 5 rings (SSSR count). The Labute approximate surface area is 169 Å². The topological polar surface area (TPSA) is 0 Å². The van der Waals surface area contributed by atoms with E-state index < -0.39 is 0 Å². The van der Waals surface area contributed by atoms with Gasteiger partial charge in [-0.3, -0.25) is 0 Å². The number of hydrogen-bond donors (Lipinski definition) is 0. The Morgan fingerprint density at radius 1 is 0.750 bits per heavy atom. The molecule has 0 radical (unpaired) electrons. The van der Waals surface area contributed by atoms with Crippen molar-refractivity contribution in [1.29, 1.82) is 0 Å². The minimum absolute atomic E-state index is 0.0730. The summed E-state index contributed by atoms with van der Waals surface area (Å²) in [7, 11) is 0. The third-order valence-corrected chi connectivity index (χ3v) is 7.75. The van der Waals surface area contributed by atoms with Crippen LogP contribution in [0.25, 0.3) is 22.3 Å². The van der Waals surface area contributed by atoms with Crippen molar-refractivity contribution >= 4 is 0 Å². The zero-order valence-electron chi connectivity index (χ0n) is 17.7. The van der Waals surface area contributed by atoms with Crippen molar-refractivity contribution in [3.05, 3.63) is 82.9 Å². The van der Waals surface area contributed by atoms with Crippen LogP contribution in [0.5, 0.6) is 0 Å². The predicted octanol–water partition coefficient (Wildman–Crippen LogP) is 7.73. The van der Waals surface area contributed by atoms with Gasteiger partial charge in [-0.15, -0.1) is 0 Å². The van der Waals surface area contributed by atoms with E-state index in [1.54, 1.807) is 5.56 Å². The van der Waals surface area contributed by atoms with Crippen LogP contribution in [0.3, 0.4) is 0 Å². The molecule has 0 N–H and O–H groups in total. The fraction of sp³-hybridized carbons (Fsp3) is 0.357. The molecule has 0 saturated heterocycles. The number of rotatable bonds is 2. The zero-order chi connectivity index (χ0) is 19.6. The molecule has 0 bridgehead atoms. The van der Waals surface area contributed by atoms with E-state index in [2.05, 4.69) is 95.3 Å². The van der Waals surface area contributed by atoms with E-state index >= 15 is 0 Å². The van der Waals surface area contributed by atoms with Gasteiger partial charge in [0.2, 0.25) is 0 Å². The lowest BCUT2D eigenvalue weighted by atomic mass is 9.62. The van der Waals surface area contributed by atoms with Crippen LogP contribution < -0.4 is 0 Å². The predicted molar refractivity (Wildman–Crippen MR) is 120 cm³/mol. The van der Waals surface area contributed by atoms with Gasteiger partial charge in [0.05, 0.1) is 0 Å². The average Bonchev–Trinajstić information content (AvgIpc) is 2.92. The molecule has 0 heterocycles. The van der Waals surface area contributed by atoms with Gasteiger partial charge >= 0.3 is 0 Å². The van der Waals surface area contributed by atoms with Gasteiger partial charge in [0.25, 0.3) is 0 Å². The van der Waals surface area contributed by atoms with Gasteiger partial charge in [0.15, 0.2) is 0 Å². The Balaban J connectivity index is 1.79. The van der Waals surface area contributed by atoms with Gasteiger partial charge < -0.3 is 0 Å². The minimum Gasteiger partial charge on any atom is -0.0622 e. The van der Waals surface area contributed by atoms with Crippen molar-refractivity contribution in [1.82, 2.24) is 0 Å². The molecule has 0 aromatic heterocycles. The Kier molecular flexibility index (Phi) is 3.85. The second-order valence-corrected chi connectivity index (χ2v) is 9.65. The summed E-state index contributed by atoms with van der Waals surface area (Å²) in [6.45, 7) is 11.9. The van der Waals surface area contributed by atoms with E-state index in [1.165, 1.54) is 45.4 Å². The monoisotopic (exact) mass is 366 g/mol. The summed E-state index contributed by atoms with van der Waals surface area (Å²) in [6.07, 6.45) is 1.31. The van der Waals surface area contributed by atoms with Crippen molar-refractivity contribution in [3.8, 4) is 22.3 Å². The van der Waals surface area contributed by atoms with Crippen LogP contribution in [0.4, 0.5) is 0 Å². The minimum atomic E-state index is 0.0730. The molecule has 2 aliphatic carbocycles. The number of aryl methyl sites for hydroxylation is 1. The first-order chi connectivity index (χ1) is 13.4. The fourth-order valence-electron chi connectivity index (χ4n) is 5.62. The molecular formula is C28H30. The number of benzene rings is 3. The van der Waals surface area contributed by atoms with Crippen molar-refractivity contribution in [2.45, 2.75) is 52.4 Å². The summed E-state index contributed by atoms with van der Waals surface area (Å²) in [6, 6.07) is 23.0. The van der Waals surface area contributed by atoms with Crippen LogP contribution in [0.2, 0.25) is 0 Å². The molecule has 0 aliphatic heterocycles.